The molecule has 0 bridgehead atoms. The van der Waals surface area contributed by atoms with Crippen LogP contribution in [0.2, 0.25) is 0 Å². The molecule has 0 aliphatic carbocycles. The zero-order valence-electron chi connectivity index (χ0n) is 27.5. The summed E-state index contributed by atoms with van der Waals surface area (Å²) in [6, 6.07) is 0. The fraction of sp³-hybridized carbons (Fsp3) is 0.969. The van der Waals surface area contributed by atoms with Crippen molar-refractivity contribution in [2.45, 2.75) is 136 Å². The third kappa shape index (κ3) is 29.4. The number of ether oxygens (including phenoxy) is 2. The Labute approximate surface area is 253 Å². The molecule has 0 N–H and O–H groups in total. The normalized spacial score (nSPS) is 14.2. The van der Waals surface area contributed by atoms with Gasteiger partial charge in [-0.2, -0.15) is 0 Å². The molecule has 9 heteroatoms. The van der Waals surface area contributed by atoms with Crippen molar-refractivity contribution in [3.05, 3.63) is 0 Å². The SMILES string of the molecule is CCCCCCCCCCCCCCCCCCC(CCC)C(=O)OCCOCCOP(=O)([O-])OCC[N+](C)(C)C. The number of esters is 1. The summed E-state index contributed by atoms with van der Waals surface area (Å²) >= 11 is 0. The van der Waals surface area contributed by atoms with Crippen molar-refractivity contribution in [1.82, 2.24) is 0 Å². The summed E-state index contributed by atoms with van der Waals surface area (Å²) < 4.78 is 32.8. The molecule has 8 nitrogen and oxygen atoms in total. The van der Waals surface area contributed by atoms with Gasteiger partial charge in [0.2, 0.25) is 0 Å². The van der Waals surface area contributed by atoms with Gasteiger partial charge in [0.1, 0.15) is 19.8 Å². The fourth-order valence-electron chi connectivity index (χ4n) is 4.76. The Hall–Kier alpha value is -0.500. The lowest BCUT2D eigenvalue weighted by Crippen LogP contribution is -2.37. The number of rotatable bonds is 31. The van der Waals surface area contributed by atoms with Gasteiger partial charge in [0.05, 0.1) is 46.9 Å². The van der Waals surface area contributed by atoms with Crippen LogP contribution in [0.15, 0.2) is 0 Å². The van der Waals surface area contributed by atoms with Crippen molar-refractivity contribution in [2.24, 2.45) is 5.92 Å². The van der Waals surface area contributed by atoms with Gasteiger partial charge in [0.15, 0.2) is 0 Å². The van der Waals surface area contributed by atoms with Gasteiger partial charge in [-0.25, -0.2) is 0 Å². The zero-order valence-corrected chi connectivity index (χ0v) is 28.4. The van der Waals surface area contributed by atoms with Crippen LogP contribution in [0.4, 0.5) is 0 Å². The molecule has 2 unspecified atom stereocenters. The quantitative estimate of drug-likeness (QED) is 0.0343. The third-order valence-electron chi connectivity index (χ3n) is 7.34. The second kappa shape index (κ2) is 27.1. The summed E-state index contributed by atoms with van der Waals surface area (Å²) in [5.41, 5.74) is 0. The van der Waals surface area contributed by atoms with Crippen molar-refractivity contribution in [3.8, 4) is 0 Å². The number of hydrogen-bond donors (Lipinski definition) is 0. The number of nitrogens with zero attached hydrogens (tertiary/aromatic N) is 1. The molecule has 0 fully saturated rings. The molecule has 0 aliphatic heterocycles. The average molecular weight is 608 g/mol. The minimum atomic E-state index is -4.33. The van der Waals surface area contributed by atoms with E-state index in [9.17, 15) is 14.3 Å². The van der Waals surface area contributed by atoms with Crippen LogP contribution < -0.4 is 4.89 Å². The van der Waals surface area contributed by atoms with E-state index in [1.807, 2.05) is 21.1 Å². The van der Waals surface area contributed by atoms with Crippen LogP contribution in [0, 0.1) is 5.92 Å². The second-order valence-corrected chi connectivity index (χ2v) is 13.9. The summed E-state index contributed by atoms with van der Waals surface area (Å²) in [5.74, 6) is -0.201. The monoisotopic (exact) mass is 607 g/mol. The van der Waals surface area contributed by atoms with E-state index >= 15 is 0 Å². The summed E-state index contributed by atoms with van der Waals surface area (Å²) in [6.45, 7) is 5.31. The van der Waals surface area contributed by atoms with E-state index in [2.05, 4.69) is 13.8 Å². The van der Waals surface area contributed by atoms with E-state index in [1.54, 1.807) is 0 Å². The van der Waals surface area contributed by atoms with Gasteiger partial charge in [-0.15, -0.1) is 0 Å². The van der Waals surface area contributed by atoms with Crippen molar-refractivity contribution in [1.29, 1.82) is 0 Å². The first-order valence-electron chi connectivity index (χ1n) is 16.8. The van der Waals surface area contributed by atoms with Gasteiger partial charge in [0, 0.05) is 0 Å². The second-order valence-electron chi connectivity index (χ2n) is 12.5. The lowest BCUT2D eigenvalue weighted by Gasteiger charge is -2.27. The first kappa shape index (κ1) is 40.5. The van der Waals surface area contributed by atoms with Crippen LogP contribution in [-0.2, 0) is 27.9 Å². The number of carbonyl (C=O) groups is 1. The van der Waals surface area contributed by atoms with E-state index < -0.39 is 7.82 Å². The van der Waals surface area contributed by atoms with Crippen LogP contribution in [-0.4, -0.2) is 71.2 Å². The zero-order chi connectivity index (χ0) is 30.7. The maximum atomic E-state index is 12.5. The number of phosphoric ester groups is 1. The molecule has 0 saturated carbocycles. The summed E-state index contributed by atoms with van der Waals surface area (Å²) in [7, 11) is 1.52. The Morgan fingerprint density at radius 3 is 1.59 bits per heavy atom. The minimum Gasteiger partial charge on any atom is -0.756 e. The van der Waals surface area contributed by atoms with Crippen LogP contribution in [0.3, 0.4) is 0 Å². The number of unbranched alkanes of at least 4 members (excludes halogenated alkanes) is 15. The van der Waals surface area contributed by atoms with E-state index in [0.717, 1.165) is 25.7 Å². The molecule has 246 valence electrons. The van der Waals surface area contributed by atoms with Gasteiger partial charge >= 0.3 is 5.97 Å². The average Bonchev–Trinajstić information content (AvgIpc) is 2.90. The molecule has 0 rings (SSSR count). The molecule has 0 spiro atoms. The topological polar surface area (TPSA) is 94.1 Å². The molecule has 41 heavy (non-hydrogen) atoms. The molecule has 0 aromatic heterocycles. The van der Waals surface area contributed by atoms with Crippen molar-refractivity contribution in [3.63, 3.8) is 0 Å². The van der Waals surface area contributed by atoms with E-state index in [1.165, 1.54) is 96.3 Å². The van der Waals surface area contributed by atoms with Crippen molar-refractivity contribution in [2.75, 3.05) is 60.7 Å². The number of carbonyl (C=O) groups excluding carboxylic acids is 1. The smallest absolute Gasteiger partial charge is 0.309 e. The lowest BCUT2D eigenvalue weighted by atomic mass is 9.96. The molecule has 0 aliphatic rings. The van der Waals surface area contributed by atoms with Gasteiger partial charge < -0.3 is 27.9 Å². The largest absolute Gasteiger partial charge is 0.756 e. The van der Waals surface area contributed by atoms with Crippen LogP contribution in [0.1, 0.15) is 136 Å². The molecule has 2 atom stereocenters. The van der Waals surface area contributed by atoms with Crippen LogP contribution in [0.25, 0.3) is 0 Å². The molecular weight excluding hydrogens is 541 g/mol. The number of quaternary nitrogens is 1. The highest BCUT2D eigenvalue weighted by Crippen LogP contribution is 2.37. The Bertz CT molecular complexity index is 642. The van der Waals surface area contributed by atoms with E-state index in [-0.39, 0.29) is 44.9 Å². The molecule has 0 amide bonds. The van der Waals surface area contributed by atoms with Gasteiger partial charge in [0.25, 0.3) is 7.82 Å². The Kier molecular flexibility index (Phi) is 26.7. The Morgan fingerprint density at radius 1 is 0.634 bits per heavy atom. The number of likely N-dealkylation sites (N-methyl/N-ethyl adjacent to an activating group) is 1. The standard InChI is InChI=1S/C32H66NO7P/c1-6-8-9-10-11-12-13-14-15-16-17-18-19-20-21-22-24-31(23-7-2)32(34)38-29-27-37-28-30-40-41(35,36)39-26-25-33(3,4)5/h31H,6-30H2,1-5H3. The van der Waals surface area contributed by atoms with Gasteiger partial charge in [-0.1, -0.05) is 123 Å². The van der Waals surface area contributed by atoms with Gasteiger partial charge in [-0.05, 0) is 12.8 Å². The maximum Gasteiger partial charge on any atom is 0.309 e. The fourth-order valence-corrected chi connectivity index (χ4v) is 5.44. The molecule has 0 saturated heterocycles. The molecular formula is C32H66NO7P. The van der Waals surface area contributed by atoms with Crippen molar-refractivity contribution >= 4 is 13.8 Å². The number of hydrogen-bond acceptors (Lipinski definition) is 7. The molecule has 0 heterocycles. The minimum absolute atomic E-state index is 0.0507. The third-order valence-corrected chi connectivity index (χ3v) is 8.33. The van der Waals surface area contributed by atoms with Crippen molar-refractivity contribution < 1.29 is 37.3 Å². The molecule has 0 radical (unpaired) electrons. The Balaban J connectivity index is 3.70. The predicted octanol–water partition coefficient (Wildman–Crippen LogP) is 7.82. The number of phosphoric acid groups is 1. The highest BCUT2D eigenvalue weighted by atomic mass is 31.2. The Morgan fingerprint density at radius 2 is 1.10 bits per heavy atom. The van der Waals surface area contributed by atoms with Gasteiger partial charge in [-0.3, -0.25) is 9.36 Å². The van der Waals surface area contributed by atoms with Crippen LogP contribution >= 0.6 is 7.82 Å². The summed E-state index contributed by atoms with van der Waals surface area (Å²) in [6.07, 6.45) is 24.2. The van der Waals surface area contributed by atoms with Crippen LogP contribution in [0.5, 0.6) is 0 Å². The first-order valence-corrected chi connectivity index (χ1v) is 18.2. The van der Waals surface area contributed by atoms with E-state index in [0.29, 0.717) is 11.0 Å². The van der Waals surface area contributed by atoms with E-state index in [4.69, 9.17) is 18.5 Å². The maximum absolute atomic E-state index is 12.5. The highest BCUT2D eigenvalue weighted by molar-refractivity contribution is 7.45. The first-order chi connectivity index (χ1) is 19.6. The predicted molar refractivity (Wildman–Crippen MR) is 167 cm³/mol. The summed E-state index contributed by atoms with van der Waals surface area (Å²) in [5, 5.41) is 0. The lowest BCUT2D eigenvalue weighted by molar-refractivity contribution is -0.870. The highest BCUT2D eigenvalue weighted by Gasteiger charge is 2.18. The summed E-state index contributed by atoms with van der Waals surface area (Å²) in [4.78, 5) is 24.3. The molecule has 0 aromatic rings. The molecule has 0 aromatic carbocycles.